The molecule has 0 atom stereocenters. The van der Waals surface area contributed by atoms with Crippen molar-refractivity contribution < 1.29 is 18.8 Å². The van der Waals surface area contributed by atoms with Gasteiger partial charge in [0.1, 0.15) is 5.82 Å². The third-order valence-corrected chi connectivity index (χ3v) is 3.08. The van der Waals surface area contributed by atoms with Crippen molar-refractivity contribution in [1.82, 2.24) is 0 Å². The Morgan fingerprint density at radius 1 is 1.19 bits per heavy atom. The van der Waals surface area contributed by atoms with E-state index in [1.807, 2.05) is 6.07 Å². The van der Waals surface area contributed by atoms with E-state index in [4.69, 9.17) is 9.47 Å². The minimum absolute atomic E-state index is 0.0851. The van der Waals surface area contributed by atoms with Crippen molar-refractivity contribution in [3.63, 3.8) is 0 Å². The summed E-state index contributed by atoms with van der Waals surface area (Å²) in [4.78, 5) is 10.1. The maximum absolute atomic E-state index is 13.6. The SMILES string of the molecule is O=[N+]([O-])c1ccc(F)c(NCc2ccc3c(c2)OCO3)c1. The molecule has 1 N–H and O–H groups in total. The zero-order valence-electron chi connectivity index (χ0n) is 10.8. The van der Waals surface area contributed by atoms with Crippen molar-refractivity contribution in [2.75, 3.05) is 12.1 Å². The molecule has 0 saturated carbocycles. The lowest BCUT2D eigenvalue weighted by Gasteiger charge is -2.08. The van der Waals surface area contributed by atoms with Gasteiger partial charge in [-0.25, -0.2) is 4.39 Å². The molecule has 2 aromatic rings. The van der Waals surface area contributed by atoms with Gasteiger partial charge in [0.25, 0.3) is 5.69 Å². The number of hydrogen-bond acceptors (Lipinski definition) is 5. The molecule has 7 heteroatoms. The van der Waals surface area contributed by atoms with Gasteiger partial charge in [0.05, 0.1) is 10.6 Å². The van der Waals surface area contributed by atoms with E-state index in [1.54, 1.807) is 12.1 Å². The molecule has 0 radical (unpaired) electrons. The first kappa shape index (κ1) is 13.2. The van der Waals surface area contributed by atoms with Gasteiger partial charge in [0.2, 0.25) is 6.79 Å². The van der Waals surface area contributed by atoms with E-state index in [0.29, 0.717) is 18.0 Å². The fraction of sp³-hybridized carbons (Fsp3) is 0.143. The molecule has 21 heavy (non-hydrogen) atoms. The lowest BCUT2D eigenvalue weighted by atomic mass is 10.2. The first-order chi connectivity index (χ1) is 10.1. The first-order valence-electron chi connectivity index (χ1n) is 6.20. The number of ether oxygens (including phenoxy) is 2. The Morgan fingerprint density at radius 2 is 2.00 bits per heavy atom. The zero-order valence-corrected chi connectivity index (χ0v) is 10.8. The predicted octanol–water partition coefficient (Wildman–Crippen LogP) is 3.07. The van der Waals surface area contributed by atoms with Gasteiger partial charge in [-0.1, -0.05) is 6.07 Å². The molecule has 0 saturated heterocycles. The lowest BCUT2D eigenvalue weighted by molar-refractivity contribution is -0.384. The summed E-state index contributed by atoms with van der Waals surface area (Å²) in [5.41, 5.74) is 0.775. The van der Waals surface area contributed by atoms with Gasteiger partial charge >= 0.3 is 0 Å². The minimum atomic E-state index is -0.564. The average Bonchev–Trinajstić information content (AvgIpc) is 2.93. The number of benzene rings is 2. The molecular formula is C14H11FN2O4. The van der Waals surface area contributed by atoms with E-state index in [0.717, 1.165) is 17.7 Å². The predicted molar refractivity (Wildman–Crippen MR) is 72.9 cm³/mol. The van der Waals surface area contributed by atoms with Crippen molar-refractivity contribution in [2.24, 2.45) is 0 Å². The van der Waals surface area contributed by atoms with Crippen LogP contribution >= 0.6 is 0 Å². The zero-order chi connectivity index (χ0) is 14.8. The van der Waals surface area contributed by atoms with Crippen LogP contribution in [0.15, 0.2) is 36.4 Å². The van der Waals surface area contributed by atoms with Crippen LogP contribution in [0, 0.1) is 15.9 Å². The lowest BCUT2D eigenvalue weighted by Crippen LogP contribution is -2.02. The number of rotatable bonds is 4. The molecule has 1 heterocycles. The molecule has 1 aliphatic heterocycles. The average molecular weight is 290 g/mol. The normalized spacial score (nSPS) is 12.2. The maximum atomic E-state index is 13.6. The fourth-order valence-corrected chi connectivity index (χ4v) is 2.01. The van der Waals surface area contributed by atoms with Crippen LogP contribution in [0.4, 0.5) is 15.8 Å². The van der Waals surface area contributed by atoms with E-state index in [-0.39, 0.29) is 18.2 Å². The van der Waals surface area contributed by atoms with E-state index < -0.39 is 10.7 Å². The summed E-state index contributed by atoms with van der Waals surface area (Å²) in [7, 11) is 0. The molecule has 1 aliphatic rings. The number of anilines is 1. The first-order valence-corrected chi connectivity index (χ1v) is 6.20. The summed E-state index contributed by atoms with van der Waals surface area (Å²) in [6.45, 7) is 0.500. The van der Waals surface area contributed by atoms with Crippen molar-refractivity contribution in [3.8, 4) is 11.5 Å². The Bertz CT molecular complexity index is 705. The van der Waals surface area contributed by atoms with Gasteiger partial charge in [-0.3, -0.25) is 10.1 Å². The fourth-order valence-electron chi connectivity index (χ4n) is 2.01. The molecule has 0 amide bonds. The molecule has 6 nitrogen and oxygen atoms in total. The summed E-state index contributed by atoms with van der Waals surface area (Å²) in [6, 6.07) is 8.73. The number of non-ortho nitro benzene ring substituents is 1. The summed E-state index contributed by atoms with van der Waals surface area (Å²) in [6.07, 6.45) is 0. The Kier molecular flexibility index (Phi) is 3.31. The van der Waals surface area contributed by atoms with Crippen molar-refractivity contribution >= 4 is 11.4 Å². The molecule has 0 spiro atoms. The smallest absolute Gasteiger partial charge is 0.271 e. The van der Waals surface area contributed by atoms with Gasteiger partial charge in [-0.2, -0.15) is 0 Å². The second kappa shape index (κ2) is 5.28. The van der Waals surface area contributed by atoms with Crippen LogP contribution in [0.25, 0.3) is 0 Å². The topological polar surface area (TPSA) is 73.6 Å². The van der Waals surface area contributed by atoms with Gasteiger partial charge in [0, 0.05) is 18.7 Å². The number of halogens is 1. The molecule has 2 aromatic carbocycles. The van der Waals surface area contributed by atoms with E-state index in [2.05, 4.69) is 5.32 Å². The highest BCUT2D eigenvalue weighted by atomic mass is 19.1. The van der Waals surface area contributed by atoms with Crippen LogP contribution in [0.5, 0.6) is 11.5 Å². The molecule has 0 bridgehead atoms. The van der Waals surface area contributed by atoms with Crippen LogP contribution in [0.2, 0.25) is 0 Å². The van der Waals surface area contributed by atoms with Crippen molar-refractivity contribution in [1.29, 1.82) is 0 Å². The van der Waals surface area contributed by atoms with E-state index >= 15 is 0 Å². The summed E-state index contributed by atoms with van der Waals surface area (Å²) in [5.74, 6) is 0.760. The molecule has 0 aromatic heterocycles. The van der Waals surface area contributed by atoms with E-state index in [9.17, 15) is 14.5 Å². The molecule has 3 rings (SSSR count). The molecule has 108 valence electrons. The highest BCUT2D eigenvalue weighted by molar-refractivity contribution is 5.53. The summed E-state index contributed by atoms with van der Waals surface area (Å²) in [5, 5.41) is 13.5. The van der Waals surface area contributed by atoms with Crippen LogP contribution in [0.1, 0.15) is 5.56 Å². The Hall–Kier alpha value is -2.83. The number of nitrogens with one attached hydrogen (secondary N) is 1. The number of fused-ring (bicyclic) bond motifs is 1. The largest absolute Gasteiger partial charge is 0.454 e. The van der Waals surface area contributed by atoms with Crippen LogP contribution in [-0.4, -0.2) is 11.7 Å². The standard InChI is InChI=1S/C14H11FN2O4/c15-11-3-2-10(17(18)19)6-12(11)16-7-9-1-4-13-14(5-9)21-8-20-13/h1-6,16H,7-8H2. The highest BCUT2D eigenvalue weighted by Gasteiger charge is 2.14. The second-order valence-corrected chi connectivity index (χ2v) is 4.46. The Morgan fingerprint density at radius 3 is 2.81 bits per heavy atom. The molecule has 0 fully saturated rings. The molecular weight excluding hydrogens is 279 g/mol. The third-order valence-electron chi connectivity index (χ3n) is 3.08. The highest BCUT2D eigenvalue weighted by Crippen LogP contribution is 2.32. The summed E-state index contributed by atoms with van der Waals surface area (Å²) >= 11 is 0. The van der Waals surface area contributed by atoms with Crippen molar-refractivity contribution in [2.45, 2.75) is 6.54 Å². The van der Waals surface area contributed by atoms with Crippen LogP contribution in [-0.2, 0) is 6.54 Å². The van der Waals surface area contributed by atoms with E-state index in [1.165, 1.54) is 6.07 Å². The second-order valence-electron chi connectivity index (χ2n) is 4.46. The third kappa shape index (κ3) is 2.71. The quantitative estimate of drug-likeness (QED) is 0.692. The van der Waals surface area contributed by atoms with Crippen molar-refractivity contribution in [3.05, 3.63) is 57.9 Å². The number of nitrogens with zero attached hydrogens (tertiary/aromatic N) is 1. The molecule has 0 aliphatic carbocycles. The molecule has 0 unspecified atom stereocenters. The number of hydrogen-bond donors (Lipinski definition) is 1. The van der Waals surface area contributed by atoms with Gasteiger partial charge in [-0.05, 0) is 23.8 Å². The number of nitro benzene ring substituents is 1. The Labute approximate surface area is 119 Å². The van der Waals surface area contributed by atoms with Gasteiger partial charge in [0.15, 0.2) is 11.5 Å². The van der Waals surface area contributed by atoms with Gasteiger partial charge < -0.3 is 14.8 Å². The monoisotopic (exact) mass is 290 g/mol. The summed E-state index contributed by atoms with van der Waals surface area (Å²) < 4.78 is 24.1. The number of nitro groups is 1. The maximum Gasteiger partial charge on any atom is 0.271 e. The Balaban J connectivity index is 1.75. The van der Waals surface area contributed by atoms with Gasteiger partial charge in [-0.15, -0.1) is 0 Å². The van der Waals surface area contributed by atoms with Crippen LogP contribution < -0.4 is 14.8 Å². The minimum Gasteiger partial charge on any atom is -0.454 e. The van der Waals surface area contributed by atoms with Crippen LogP contribution in [0.3, 0.4) is 0 Å².